The third-order valence-corrected chi connectivity index (χ3v) is 8.71. The van der Waals surface area contributed by atoms with E-state index in [1.807, 2.05) is 19.9 Å². The van der Waals surface area contributed by atoms with E-state index in [0.717, 1.165) is 98.0 Å². The van der Waals surface area contributed by atoms with Gasteiger partial charge in [0, 0.05) is 61.8 Å². The summed E-state index contributed by atoms with van der Waals surface area (Å²) >= 11 is 0. The van der Waals surface area contributed by atoms with Crippen LogP contribution in [0.4, 0.5) is 5.69 Å². The zero-order chi connectivity index (χ0) is 28.9. The number of nitrogens with zero attached hydrogens (tertiary/aromatic N) is 2. The van der Waals surface area contributed by atoms with E-state index in [0.29, 0.717) is 11.6 Å². The molecule has 0 bridgehead atoms. The van der Waals surface area contributed by atoms with E-state index < -0.39 is 6.23 Å². The largest absolute Gasteiger partial charge is 0.379 e. The van der Waals surface area contributed by atoms with Gasteiger partial charge in [0.05, 0.1) is 13.2 Å². The van der Waals surface area contributed by atoms with Crippen LogP contribution in [0.1, 0.15) is 52.6 Å². The smallest absolute Gasteiger partial charge is 0.252 e. The molecule has 2 aromatic carbocycles. The van der Waals surface area contributed by atoms with Crippen LogP contribution in [0.3, 0.4) is 0 Å². The van der Waals surface area contributed by atoms with Gasteiger partial charge in [-0.2, -0.15) is 0 Å². The summed E-state index contributed by atoms with van der Waals surface area (Å²) in [5, 5.41) is 18.1. The Bertz CT molecular complexity index is 1370. The maximum absolute atomic E-state index is 12.6. The van der Waals surface area contributed by atoms with Crippen LogP contribution in [0, 0.1) is 20.8 Å². The molecule has 2 aliphatic rings. The Balaban J connectivity index is 1.43. The van der Waals surface area contributed by atoms with Crippen molar-refractivity contribution in [1.29, 1.82) is 0 Å². The van der Waals surface area contributed by atoms with Gasteiger partial charge in [-0.25, -0.2) is 0 Å². The highest BCUT2D eigenvalue weighted by molar-refractivity contribution is 5.73. The molecule has 0 radical (unpaired) electrons. The van der Waals surface area contributed by atoms with E-state index in [1.54, 1.807) is 0 Å². The highest BCUT2D eigenvalue weighted by Gasteiger charge is 2.23. The number of ether oxygens (including phenoxy) is 1. The number of aromatic nitrogens is 1. The topological polar surface area (TPSA) is 92.9 Å². The van der Waals surface area contributed by atoms with Crippen molar-refractivity contribution in [3.63, 3.8) is 0 Å². The lowest BCUT2D eigenvalue weighted by Crippen LogP contribution is -2.41. The third-order valence-electron chi connectivity index (χ3n) is 8.71. The minimum Gasteiger partial charge on any atom is -0.379 e. The Morgan fingerprint density at radius 2 is 1.76 bits per heavy atom. The van der Waals surface area contributed by atoms with Gasteiger partial charge < -0.3 is 25.0 Å². The van der Waals surface area contributed by atoms with Crippen LogP contribution < -0.4 is 21.1 Å². The maximum Gasteiger partial charge on any atom is 0.252 e. The van der Waals surface area contributed by atoms with E-state index in [2.05, 4.69) is 75.8 Å². The van der Waals surface area contributed by atoms with Gasteiger partial charge in [-0.05, 0) is 92.7 Å². The van der Waals surface area contributed by atoms with Crippen LogP contribution in [0.5, 0.6) is 0 Å². The van der Waals surface area contributed by atoms with Gasteiger partial charge in [0.15, 0.2) is 0 Å². The standard InChI is InChI=1S/C33H45N5O3/c1-22-17-23(2)36-33(40)30(22)20-35-32(39)29-18-27(19-31(24(29)3)37(4)28-9-11-34-12-10-28)26-7-5-25(6-8-26)21-38-13-15-41-16-14-38/h5-8,17-19,28,32,34-35,39H,9-16,20-21H2,1-4H3,(H,36,40). The van der Waals surface area contributed by atoms with Crippen LogP contribution in [-0.2, 0) is 17.8 Å². The number of nitrogens with one attached hydrogen (secondary N) is 3. The molecule has 220 valence electrons. The zero-order valence-corrected chi connectivity index (χ0v) is 24.9. The monoisotopic (exact) mass is 559 g/mol. The first-order valence-corrected chi connectivity index (χ1v) is 14.9. The molecule has 0 spiro atoms. The molecule has 2 saturated heterocycles. The summed E-state index contributed by atoms with van der Waals surface area (Å²) in [6.45, 7) is 12.7. The summed E-state index contributed by atoms with van der Waals surface area (Å²) in [6, 6.07) is 15.6. The summed E-state index contributed by atoms with van der Waals surface area (Å²) in [7, 11) is 2.17. The SMILES string of the molecule is Cc1cc(C)c(CNC(O)c2cc(-c3ccc(CN4CCOCC4)cc3)cc(N(C)C3CCNCC3)c2C)c(=O)[nH]1. The molecule has 1 unspecified atom stereocenters. The summed E-state index contributed by atoms with van der Waals surface area (Å²) in [5.41, 5.74) is 8.77. The number of aromatic amines is 1. The Labute approximate surface area is 243 Å². The second kappa shape index (κ2) is 13.3. The van der Waals surface area contributed by atoms with Crippen molar-refractivity contribution in [2.45, 2.75) is 59.0 Å². The van der Waals surface area contributed by atoms with E-state index in [9.17, 15) is 9.90 Å². The number of benzene rings is 2. The minimum atomic E-state index is -0.921. The number of piperidine rings is 1. The quantitative estimate of drug-likeness (QED) is 0.297. The fraction of sp³-hybridized carbons (Fsp3) is 0.485. The molecule has 1 aromatic heterocycles. The van der Waals surface area contributed by atoms with Crippen molar-refractivity contribution in [1.82, 2.24) is 20.5 Å². The molecule has 5 rings (SSSR count). The number of rotatable bonds is 9. The lowest BCUT2D eigenvalue weighted by Gasteiger charge is -2.35. The number of morpholine rings is 1. The van der Waals surface area contributed by atoms with E-state index in [1.165, 1.54) is 5.56 Å². The van der Waals surface area contributed by atoms with Crippen molar-refractivity contribution in [3.8, 4) is 11.1 Å². The van der Waals surface area contributed by atoms with Gasteiger partial charge >= 0.3 is 0 Å². The molecule has 0 amide bonds. The van der Waals surface area contributed by atoms with Crippen molar-refractivity contribution in [3.05, 3.63) is 86.3 Å². The van der Waals surface area contributed by atoms with Crippen LogP contribution in [0.25, 0.3) is 11.1 Å². The normalized spacial score (nSPS) is 17.5. The first kappa shape index (κ1) is 29.5. The molecule has 3 heterocycles. The highest BCUT2D eigenvalue weighted by atomic mass is 16.5. The van der Waals surface area contributed by atoms with Gasteiger partial charge in [-0.3, -0.25) is 15.0 Å². The Morgan fingerprint density at radius 1 is 1.05 bits per heavy atom. The summed E-state index contributed by atoms with van der Waals surface area (Å²) in [6.07, 6.45) is 1.25. The number of aliphatic hydroxyl groups excluding tert-OH is 1. The molecule has 1 atom stereocenters. The van der Waals surface area contributed by atoms with E-state index in [-0.39, 0.29) is 12.1 Å². The van der Waals surface area contributed by atoms with Gasteiger partial charge in [-0.15, -0.1) is 0 Å². The zero-order valence-electron chi connectivity index (χ0n) is 24.9. The number of aryl methyl sites for hydroxylation is 2. The highest BCUT2D eigenvalue weighted by Crippen LogP contribution is 2.35. The predicted molar refractivity (Wildman–Crippen MR) is 165 cm³/mol. The molecule has 2 fully saturated rings. The lowest BCUT2D eigenvalue weighted by atomic mass is 9.94. The number of hydrogen-bond acceptors (Lipinski definition) is 7. The second-order valence-corrected chi connectivity index (χ2v) is 11.6. The first-order valence-electron chi connectivity index (χ1n) is 14.9. The fourth-order valence-corrected chi connectivity index (χ4v) is 6.16. The van der Waals surface area contributed by atoms with Crippen LogP contribution in [0.15, 0.2) is 47.3 Å². The average molecular weight is 560 g/mol. The molecular formula is C33H45N5O3. The summed E-state index contributed by atoms with van der Waals surface area (Å²) in [5.74, 6) is 0. The minimum absolute atomic E-state index is 0.115. The predicted octanol–water partition coefficient (Wildman–Crippen LogP) is 3.77. The Morgan fingerprint density at radius 3 is 2.44 bits per heavy atom. The third kappa shape index (κ3) is 7.08. The number of hydrogen-bond donors (Lipinski definition) is 4. The summed E-state index contributed by atoms with van der Waals surface area (Å²) < 4.78 is 5.50. The van der Waals surface area contributed by atoms with Crippen molar-refractivity contribution >= 4 is 5.69 Å². The summed E-state index contributed by atoms with van der Waals surface area (Å²) in [4.78, 5) is 20.3. The molecule has 3 aromatic rings. The van der Waals surface area contributed by atoms with Crippen molar-refractivity contribution in [2.75, 3.05) is 51.3 Å². The van der Waals surface area contributed by atoms with Crippen molar-refractivity contribution in [2.24, 2.45) is 0 Å². The second-order valence-electron chi connectivity index (χ2n) is 11.6. The molecule has 41 heavy (non-hydrogen) atoms. The maximum atomic E-state index is 12.6. The molecule has 8 heteroatoms. The Kier molecular flexibility index (Phi) is 9.57. The molecule has 2 aliphatic heterocycles. The van der Waals surface area contributed by atoms with Gasteiger partial charge in [-0.1, -0.05) is 24.3 Å². The van der Waals surface area contributed by atoms with Crippen LogP contribution in [0.2, 0.25) is 0 Å². The molecule has 0 aliphatic carbocycles. The number of aliphatic hydroxyl groups is 1. The van der Waals surface area contributed by atoms with Crippen molar-refractivity contribution < 1.29 is 9.84 Å². The number of anilines is 1. The Hall–Kier alpha value is -3.01. The fourth-order valence-electron chi connectivity index (χ4n) is 6.16. The van der Waals surface area contributed by atoms with Crippen LogP contribution >= 0.6 is 0 Å². The number of pyridine rings is 1. The van der Waals surface area contributed by atoms with Crippen LogP contribution in [-0.4, -0.2) is 67.5 Å². The van der Waals surface area contributed by atoms with Gasteiger partial charge in [0.2, 0.25) is 0 Å². The van der Waals surface area contributed by atoms with E-state index >= 15 is 0 Å². The average Bonchev–Trinajstić information content (AvgIpc) is 2.97. The lowest BCUT2D eigenvalue weighted by molar-refractivity contribution is 0.0342. The molecule has 4 N–H and O–H groups in total. The molecule has 0 saturated carbocycles. The molecule has 8 nitrogen and oxygen atoms in total. The van der Waals surface area contributed by atoms with Gasteiger partial charge in [0.1, 0.15) is 6.23 Å². The van der Waals surface area contributed by atoms with E-state index in [4.69, 9.17) is 4.74 Å². The molecular weight excluding hydrogens is 514 g/mol. The van der Waals surface area contributed by atoms with Gasteiger partial charge in [0.25, 0.3) is 5.56 Å². The first-order chi connectivity index (χ1) is 19.8. The number of H-pyrrole nitrogens is 1.